The monoisotopic (exact) mass is 243 g/mol. The minimum atomic E-state index is -2.75. The van der Waals surface area contributed by atoms with E-state index in [1.54, 1.807) is 6.92 Å². The smallest absolute Gasteiger partial charge is 0.283 e. The first-order chi connectivity index (χ1) is 7.88. The molecule has 0 fully saturated rings. The van der Waals surface area contributed by atoms with Crippen LogP contribution in [-0.4, -0.2) is 10.7 Å². The van der Waals surface area contributed by atoms with Gasteiger partial charge < -0.3 is 0 Å². The van der Waals surface area contributed by atoms with Crippen molar-refractivity contribution in [3.8, 4) is 0 Å². The van der Waals surface area contributed by atoms with Crippen LogP contribution < -0.4 is 0 Å². The van der Waals surface area contributed by atoms with Crippen LogP contribution in [0.1, 0.15) is 41.8 Å². The molecule has 0 heterocycles. The summed E-state index contributed by atoms with van der Waals surface area (Å²) in [6.07, 6.45) is -2.53. The number of Topliss-reactive ketones (excluding diaryl/α,β-unsaturated/α-hetero) is 1. The SMILES string of the molecule is CCc1cc(C(F)F)cc(C(C)=O)c1[N+](=O)[O-]. The highest BCUT2D eigenvalue weighted by Gasteiger charge is 2.24. The number of nitrogens with zero attached hydrogens (tertiary/aromatic N) is 1. The van der Waals surface area contributed by atoms with Crippen molar-refractivity contribution in [3.63, 3.8) is 0 Å². The largest absolute Gasteiger partial charge is 0.294 e. The van der Waals surface area contributed by atoms with Crippen LogP contribution in [-0.2, 0) is 6.42 Å². The van der Waals surface area contributed by atoms with Gasteiger partial charge in [0.05, 0.1) is 10.5 Å². The Morgan fingerprint density at radius 3 is 2.41 bits per heavy atom. The maximum atomic E-state index is 12.6. The standard InChI is InChI=1S/C11H11F2NO3/c1-3-7-4-8(11(12)13)5-9(6(2)15)10(7)14(16)17/h4-5,11H,3H2,1-2H3. The summed E-state index contributed by atoms with van der Waals surface area (Å²) in [5.74, 6) is -0.589. The normalized spacial score (nSPS) is 10.6. The van der Waals surface area contributed by atoms with Crippen LogP contribution in [0.4, 0.5) is 14.5 Å². The molecule has 1 aromatic rings. The van der Waals surface area contributed by atoms with Crippen molar-refractivity contribution >= 4 is 11.5 Å². The van der Waals surface area contributed by atoms with Gasteiger partial charge in [-0.3, -0.25) is 14.9 Å². The molecule has 0 N–H and O–H groups in total. The van der Waals surface area contributed by atoms with Crippen molar-refractivity contribution in [1.29, 1.82) is 0 Å². The summed E-state index contributed by atoms with van der Waals surface area (Å²) < 4.78 is 25.2. The van der Waals surface area contributed by atoms with Gasteiger partial charge in [-0.25, -0.2) is 8.78 Å². The van der Waals surface area contributed by atoms with E-state index in [0.717, 1.165) is 19.1 Å². The zero-order chi connectivity index (χ0) is 13.2. The third kappa shape index (κ3) is 2.64. The summed E-state index contributed by atoms with van der Waals surface area (Å²) in [4.78, 5) is 21.4. The first-order valence-corrected chi connectivity index (χ1v) is 4.98. The minimum Gasteiger partial charge on any atom is -0.294 e. The van der Waals surface area contributed by atoms with Crippen molar-refractivity contribution in [2.24, 2.45) is 0 Å². The summed E-state index contributed by atoms with van der Waals surface area (Å²) in [6.45, 7) is 2.73. The number of carbonyl (C=O) groups is 1. The Labute approximate surface area is 96.4 Å². The lowest BCUT2D eigenvalue weighted by atomic mass is 9.99. The number of halogens is 2. The van der Waals surface area contributed by atoms with Gasteiger partial charge >= 0.3 is 0 Å². The van der Waals surface area contributed by atoms with E-state index in [-0.39, 0.29) is 28.8 Å². The number of hydrogen-bond donors (Lipinski definition) is 0. The zero-order valence-electron chi connectivity index (χ0n) is 9.37. The van der Waals surface area contributed by atoms with E-state index < -0.39 is 17.1 Å². The number of carbonyl (C=O) groups excluding carboxylic acids is 1. The number of rotatable bonds is 4. The number of hydrogen-bond acceptors (Lipinski definition) is 3. The Morgan fingerprint density at radius 2 is 2.06 bits per heavy atom. The molecule has 0 unspecified atom stereocenters. The Morgan fingerprint density at radius 1 is 1.47 bits per heavy atom. The van der Waals surface area contributed by atoms with E-state index in [4.69, 9.17) is 0 Å². The average molecular weight is 243 g/mol. The fourth-order valence-electron chi connectivity index (χ4n) is 1.60. The average Bonchev–Trinajstić information content (AvgIpc) is 2.26. The lowest BCUT2D eigenvalue weighted by Gasteiger charge is -2.08. The molecule has 0 atom stereocenters. The van der Waals surface area contributed by atoms with Crippen LogP contribution in [0.25, 0.3) is 0 Å². The van der Waals surface area contributed by atoms with Gasteiger partial charge in [-0.2, -0.15) is 0 Å². The lowest BCUT2D eigenvalue weighted by molar-refractivity contribution is -0.385. The molecule has 0 amide bonds. The van der Waals surface area contributed by atoms with Crippen LogP contribution in [0.15, 0.2) is 12.1 Å². The van der Waals surface area contributed by atoms with E-state index in [2.05, 4.69) is 0 Å². The second kappa shape index (κ2) is 4.99. The predicted octanol–water partition coefficient (Wildman–Crippen LogP) is 3.30. The van der Waals surface area contributed by atoms with Crippen molar-refractivity contribution < 1.29 is 18.5 Å². The summed E-state index contributed by atoms with van der Waals surface area (Å²) in [5.41, 5.74) is -0.843. The van der Waals surface area contributed by atoms with Crippen molar-refractivity contribution in [2.45, 2.75) is 26.7 Å². The van der Waals surface area contributed by atoms with Crippen LogP contribution in [0.2, 0.25) is 0 Å². The molecule has 1 aromatic carbocycles. The van der Waals surface area contributed by atoms with E-state index >= 15 is 0 Å². The van der Waals surface area contributed by atoms with Gasteiger partial charge in [0.25, 0.3) is 12.1 Å². The molecular weight excluding hydrogens is 232 g/mol. The molecule has 0 bridgehead atoms. The second-order valence-corrected chi connectivity index (χ2v) is 3.54. The molecule has 6 heteroatoms. The molecule has 92 valence electrons. The van der Waals surface area contributed by atoms with E-state index in [1.807, 2.05) is 0 Å². The van der Waals surface area contributed by atoms with Crippen molar-refractivity contribution in [2.75, 3.05) is 0 Å². The molecule has 0 aromatic heterocycles. The maximum Gasteiger partial charge on any atom is 0.283 e. The Bertz CT molecular complexity index is 472. The second-order valence-electron chi connectivity index (χ2n) is 3.54. The third-order valence-corrected chi connectivity index (χ3v) is 2.41. The van der Waals surface area contributed by atoms with Crippen LogP contribution in [0.5, 0.6) is 0 Å². The number of nitro benzene ring substituents is 1. The van der Waals surface area contributed by atoms with Crippen molar-refractivity contribution in [3.05, 3.63) is 38.9 Å². The predicted molar refractivity (Wildman–Crippen MR) is 57.4 cm³/mol. The molecule has 0 radical (unpaired) electrons. The van der Waals surface area contributed by atoms with Gasteiger partial charge in [-0.05, 0) is 25.5 Å². The molecule has 0 aliphatic heterocycles. The van der Waals surface area contributed by atoms with Crippen LogP contribution in [0, 0.1) is 10.1 Å². The number of ketones is 1. The third-order valence-electron chi connectivity index (χ3n) is 2.41. The molecular formula is C11H11F2NO3. The van der Waals surface area contributed by atoms with E-state index in [0.29, 0.717) is 0 Å². The first kappa shape index (κ1) is 13.2. The molecule has 4 nitrogen and oxygen atoms in total. The fourth-order valence-corrected chi connectivity index (χ4v) is 1.60. The van der Waals surface area contributed by atoms with Crippen LogP contribution in [0.3, 0.4) is 0 Å². The number of nitro groups is 1. The van der Waals surface area contributed by atoms with Gasteiger partial charge in [0.1, 0.15) is 0 Å². The van der Waals surface area contributed by atoms with Gasteiger partial charge in [0.15, 0.2) is 5.78 Å². The topological polar surface area (TPSA) is 60.2 Å². The summed E-state index contributed by atoms with van der Waals surface area (Å²) in [6, 6.07) is 1.97. The van der Waals surface area contributed by atoms with Gasteiger partial charge in [0, 0.05) is 11.1 Å². The van der Waals surface area contributed by atoms with Gasteiger partial charge in [-0.1, -0.05) is 6.92 Å². The number of aryl methyl sites for hydroxylation is 1. The minimum absolute atomic E-state index is 0.151. The van der Waals surface area contributed by atoms with Gasteiger partial charge in [-0.15, -0.1) is 0 Å². The highest BCUT2D eigenvalue weighted by atomic mass is 19.3. The van der Waals surface area contributed by atoms with Gasteiger partial charge in [0.2, 0.25) is 0 Å². The number of benzene rings is 1. The van der Waals surface area contributed by atoms with Crippen LogP contribution >= 0.6 is 0 Å². The molecule has 0 aliphatic carbocycles. The quantitative estimate of drug-likeness (QED) is 0.463. The summed E-state index contributed by atoms with van der Waals surface area (Å²) in [5, 5.41) is 10.9. The highest BCUT2D eigenvalue weighted by molar-refractivity contribution is 5.98. The fraction of sp³-hybridized carbons (Fsp3) is 0.364. The molecule has 0 spiro atoms. The Balaban J connectivity index is 3.57. The highest BCUT2D eigenvalue weighted by Crippen LogP contribution is 2.30. The maximum absolute atomic E-state index is 12.6. The molecule has 17 heavy (non-hydrogen) atoms. The number of alkyl halides is 2. The Hall–Kier alpha value is -1.85. The molecule has 0 aliphatic rings. The summed E-state index contributed by atoms with van der Waals surface area (Å²) >= 11 is 0. The molecule has 0 saturated heterocycles. The van der Waals surface area contributed by atoms with E-state index in [1.165, 1.54) is 0 Å². The first-order valence-electron chi connectivity index (χ1n) is 4.98. The molecule has 1 rings (SSSR count). The summed E-state index contributed by atoms with van der Waals surface area (Å²) in [7, 11) is 0. The molecule has 0 saturated carbocycles. The van der Waals surface area contributed by atoms with Crippen molar-refractivity contribution in [1.82, 2.24) is 0 Å². The zero-order valence-corrected chi connectivity index (χ0v) is 9.37. The van der Waals surface area contributed by atoms with E-state index in [9.17, 15) is 23.7 Å². The Kier molecular flexibility index (Phi) is 3.88. The lowest BCUT2D eigenvalue weighted by Crippen LogP contribution is -2.05.